The quantitative estimate of drug-likeness (QED) is 0.760. The van der Waals surface area contributed by atoms with Crippen molar-refractivity contribution in [2.45, 2.75) is 26.2 Å². The third kappa shape index (κ3) is 4.89. The number of hydrogen-bond acceptors (Lipinski definition) is 2. The molecule has 1 heterocycles. The van der Waals surface area contributed by atoms with E-state index in [4.69, 9.17) is 0 Å². The molecule has 1 aliphatic heterocycles. The summed E-state index contributed by atoms with van der Waals surface area (Å²) in [6, 6.07) is 17.6. The van der Waals surface area contributed by atoms with Crippen LogP contribution < -0.4 is 0 Å². The van der Waals surface area contributed by atoms with Gasteiger partial charge in [-0.15, -0.1) is 0 Å². The van der Waals surface area contributed by atoms with E-state index in [2.05, 4.69) is 20.8 Å². The van der Waals surface area contributed by atoms with Gasteiger partial charge in [0.05, 0.1) is 0 Å². The second-order valence-electron chi connectivity index (χ2n) is 8.19. The average molecular weight is 377 g/mol. The molecule has 4 nitrogen and oxygen atoms in total. The monoisotopic (exact) mass is 376 g/mol. The van der Waals surface area contributed by atoms with Gasteiger partial charge in [0.1, 0.15) is 0 Å². The standard InChI is InChI=1S/C24H28N2O2/c1-24(2,3)21-12-10-20(11-13-21)23(28)26-17-15-25(16-18-26)22(27)14-9-19-7-5-4-6-8-19/h4-14H,15-18H2,1-3H3/b14-9+. The van der Waals surface area contributed by atoms with Crippen LogP contribution in [0.4, 0.5) is 0 Å². The highest BCUT2D eigenvalue weighted by Gasteiger charge is 2.24. The van der Waals surface area contributed by atoms with Gasteiger partial charge < -0.3 is 9.80 Å². The molecule has 0 N–H and O–H groups in total. The van der Waals surface area contributed by atoms with Gasteiger partial charge in [0.25, 0.3) is 5.91 Å². The summed E-state index contributed by atoms with van der Waals surface area (Å²) in [6.45, 7) is 8.72. The Hall–Kier alpha value is -2.88. The van der Waals surface area contributed by atoms with E-state index in [0.29, 0.717) is 31.7 Å². The molecule has 1 aliphatic rings. The maximum Gasteiger partial charge on any atom is 0.253 e. The molecule has 28 heavy (non-hydrogen) atoms. The topological polar surface area (TPSA) is 40.6 Å². The lowest BCUT2D eigenvalue weighted by Crippen LogP contribution is -2.50. The Balaban J connectivity index is 1.55. The van der Waals surface area contributed by atoms with Gasteiger partial charge >= 0.3 is 0 Å². The first-order valence-electron chi connectivity index (χ1n) is 9.76. The van der Waals surface area contributed by atoms with Crippen LogP contribution in [0.1, 0.15) is 42.3 Å². The fraction of sp³-hybridized carbons (Fsp3) is 0.333. The maximum absolute atomic E-state index is 12.8. The number of rotatable bonds is 3. The zero-order valence-electron chi connectivity index (χ0n) is 16.9. The Kier molecular flexibility index (Phi) is 5.98. The highest BCUT2D eigenvalue weighted by molar-refractivity contribution is 5.95. The molecular formula is C24H28N2O2. The molecule has 0 atom stereocenters. The molecule has 146 valence electrons. The molecule has 0 aromatic heterocycles. The van der Waals surface area contributed by atoms with E-state index in [1.54, 1.807) is 11.0 Å². The minimum atomic E-state index is -0.00881. The highest BCUT2D eigenvalue weighted by atomic mass is 16.2. The summed E-state index contributed by atoms with van der Waals surface area (Å²) in [5, 5.41) is 0. The number of nitrogens with zero attached hydrogens (tertiary/aromatic N) is 2. The van der Waals surface area contributed by atoms with Crippen molar-refractivity contribution in [1.29, 1.82) is 0 Å². The molecule has 2 aromatic rings. The van der Waals surface area contributed by atoms with Gasteiger partial charge in [-0.2, -0.15) is 0 Å². The summed E-state index contributed by atoms with van der Waals surface area (Å²) in [4.78, 5) is 28.8. The van der Waals surface area contributed by atoms with Crippen LogP contribution in [0.15, 0.2) is 60.7 Å². The second-order valence-corrected chi connectivity index (χ2v) is 8.19. The summed E-state index contributed by atoms with van der Waals surface area (Å²) in [5.41, 5.74) is 2.99. The minimum absolute atomic E-state index is 0.00881. The smallest absolute Gasteiger partial charge is 0.253 e. The largest absolute Gasteiger partial charge is 0.336 e. The van der Waals surface area contributed by atoms with Gasteiger partial charge in [0.2, 0.25) is 5.91 Å². The first-order chi connectivity index (χ1) is 13.3. The van der Waals surface area contributed by atoms with Crippen molar-refractivity contribution < 1.29 is 9.59 Å². The van der Waals surface area contributed by atoms with Crippen molar-refractivity contribution in [2.75, 3.05) is 26.2 Å². The summed E-state index contributed by atoms with van der Waals surface area (Å²) >= 11 is 0. The summed E-state index contributed by atoms with van der Waals surface area (Å²) in [6.07, 6.45) is 3.44. The molecule has 0 radical (unpaired) electrons. The van der Waals surface area contributed by atoms with Gasteiger partial charge in [-0.25, -0.2) is 0 Å². The number of carbonyl (C=O) groups excluding carboxylic acids is 2. The van der Waals surface area contributed by atoms with Gasteiger partial charge in [-0.3, -0.25) is 9.59 Å². The third-order valence-electron chi connectivity index (χ3n) is 5.09. The molecule has 2 aromatic carbocycles. The highest BCUT2D eigenvalue weighted by Crippen LogP contribution is 2.22. The molecule has 0 bridgehead atoms. The molecule has 4 heteroatoms. The Morgan fingerprint density at radius 2 is 1.39 bits per heavy atom. The van der Waals surface area contributed by atoms with E-state index < -0.39 is 0 Å². The van der Waals surface area contributed by atoms with Crippen molar-refractivity contribution in [3.05, 3.63) is 77.4 Å². The van der Waals surface area contributed by atoms with Crippen molar-refractivity contribution in [2.24, 2.45) is 0 Å². The number of amides is 2. The predicted octanol–water partition coefficient (Wildman–Crippen LogP) is 3.98. The molecule has 0 aliphatic carbocycles. The van der Waals surface area contributed by atoms with E-state index >= 15 is 0 Å². The first-order valence-corrected chi connectivity index (χ1v) is 9.76. The van der Waals surface area contributed by atoms with Gasteiger partial charge in [0, 0.05) is 37.8 Å². The fourth-order valence-corrected chi connectivity index (χ4v) is 3.26. The molecule has 3 rings (SSSR count). The lowest BCUT2D eigenvalue weighted by atomic mass is 9.86. The lowest BCUT2D eigenvalue weighted by Gasteiger charge is -2.34. The fourth-order valence-electron chi connectivity index (χ4n) is 3.26. The van der Waals surface area contributed by atoms with Gasteiger partial charge in [-0.1, -0.05) is 63.2 Å². The van der Waals surface area contributed by atoms with Crippen LogP contribution >= 0.6 is 0 Å². The molecule has 2 amide bonds. The predicted molar refractivity (Wildman–Crippen MR) is 113 cm³/mol. The maximum atomic E-state index is 12.8. The van der Waals surface area contributed by atoms with Crippen LogP contribution in [0.5, 0.6) is 0 Å². The lowest BCUT2D eigenvalue weighted by molar-refractivity contribution is -0.127. The van der Waals surface area contributed by atoms with Gasteiger partial charge in [-0.05, 0) is 34.8 Å². The Bertz CT molecular complexity index is 840. The SMILES string of the molecule is CC(C)(C)c1ccc(C(=O)N2CCN(C(=O)/C=C/c3ccccc3)CC2)cc1. The van der Waals surface area contributed by atoms with Gasteiger partial charge in [0.15, 0.2) is 0 Å². The number of carbonyl (C=O) groups is 2. The zero-order chi connectivity index (χ0) is 20.1. The normalized spacial score (nSPS) is 15.1. The molecule has 0 spiro atoms. The summed E-state index contributed by atoms with van der Waals surface area (Å²) < 4.78 is 0. The zero-order valence-corrected chi connectivity index (χ0v) is 16.9. The van der Waals surface area contributed by atoms with Crippen LogP contribution in [0.25, 0.3) is 6.08 Å². The third-order valence-corrected chi connectivity index (χ3v) is 5.09. The van der Waals surface area contributed by atoms with Crippen LogP contribution in [0, 0.1) is 0 Å². The van der Waals surface area contributed by atoms with Crippen LogP contribution in [-0.2, 0) is 10.2 Å². The summed E-state index contributed by atoms with van der Waals surface area (Å²) in [5.74, 6) is 0.0258. The number of benzene rings is 2. The summed E-state index contributed by atoms with van der Waals surface area (Å²) in [7, 11) is 0. The first kappa shape index (κ1) is 19.9. The van der Waals surface area contributed by atoms with Crippen molar-refractivity contribution in [1.82, 2.24) is 9.80 Å². The van der Waals surface area contributed by atoms with E-state index in [1.165, 1.54) is 5.56 Å². The van der Waals surface area contributed by atoms with Crippen LogP contribution in [0.3, 0.4) is 0 Å². The Labute approximate surface area is 167 Å². The van der Waals surface area contributed by atoms with Crippen molar-refractivity contribution in [3.8, 4) is 0 Å². The minimum Gasteiger partial charge on any atom is -0.336 e. The Morgan fingerprint density at radius 3 is 1.96 bits per heavy atom. The van der Waals surface area contributed by atoms with Crippen LogP contribution in [-0.4, -0.2) is 47.8 Å². The van der Waals surface area contributed by atoms with Crippen LogP contribution in [0.2, 0.25) is 0 Å². The van der Waals surface area contributed by atoms with E-state index in [0.717, 1.165) is 5.56 Å². The van der Waals surface area contributed by atoms with Crippen molar-refractivity contribution >= 4 is 17.9 Å². The molecule has 0 saturated carbocycles. The van der Waals surface area contributed by atoms with Crippen molar-refractivity contribution in [3.63, 3.8) is 0 Å². The molecule has 1 saturated heterocycles. The number of piperazine rings is 1. The van der Waals surface area contributed by atoms with E-state index in [1.807, 2.05) is 65.6 Å². The second kappa shape index (κ2) is 8.42. The van der Waals surface area contributed by atoms with E-state index in [-0.39, 0.29) is 17.2 Å². The van der Waals surface area contributed by atoms with E-state index in [9.17, 15) is 9.59 Å². The number of hydrogen-bond donors (Lipinski definition) is 0. The average Bonchev–Trinajstić information content (AvgIpc) is 2.72. The molecule has 1 fully saturated rings. The molecule has 0 unspecified atom stereocenters. The Morgan fingerprint density at radius 1 is 0.821 bits per heavy atom. The molecular weight excluding hydrogens is 348 g/mol.